The fourth-order valence-electron chi connectivity index (χ4n) is 2.24. The van der Waals surface area contributed by atoms with Gasteiger partial charge in [-0.05, 0) is 37.6 Å². The van der Waals surface area contributed by atoms with Crippen LogP contribution in [-0.4, -0.2) is 15.9 Å². The third kappa shape index (κ3) is 2.66. The lowest BCUT2D eigenvalue weighted by Crippen LogP contribution is -2.13. The third-order valence-corrected chi connectivity index (χ3v) is 4.38. The minimum Gasteiger partial charge on any atom is -0.437 e. The molecule has 0 saturated carbocycles. The van der Waals surface area contributed by atoms with Gasteiger partial charge in [0.2, 0.25) is 5.88 Å². The van der Waals surface area contributed by atoms with Gasteiger partial charge in [-0.1, -0.05) is 19.1 Å². The number of ether oxygens (including phenoxy) is 1. The Morgan fingerprint density at radius 3 is 3.00 bits per heavy atom. The maximum Gasteiger partial charge on any atom is 0.243 e. The molecule has 0 unspecified atom stereocenters. The SMILES string of the molecule is CCNCc1c(Oc2cccc(C)c2C)nc2sccn12. The van der Waals surface area contributed by atoms with Gasteiger partial charge >= 0.3 is 0 Å². The van der Waals surface area contributed by atoms with E-state index >= 15 is 0 Å². The first-order valence-corrected chi connectivity index (χ1v) is 7.98. The summed E-state index contributed by atoms with van der Waals surface area (Å²) in [4.78, 5) is 5.57. The van der Waals surface area contributed by atoms with Crippen molar-refractivity contribution in [1.82, 2.24) is 14.7 Å². The van der Waals surface area contributed by atoms with Crippen molar-refractivity contribution in [1.29, 1.82) is 0 Å². The van der Waals surface area contributed by atoms with Gasteiger partial charge in [0.25, 0.3) is 0 Å². The van der Waals surface area contributed by atoms with Crippen LogP contribution in [0.3, 0.4) is 0 Å². The normalized spacial score (nSPS) is 11.2. The Kier molecular flexibility index (Phi) is 3.94. The molecule has 3 rings (SSSR count). The zero-order valence-electron chi connectivity index (χ0n) is 12.5. The molecular formula is C16H19N3OS. The summed E-state index contributed by atoms with van der Waals surface area (Å²) in [7, 11) is 0. The Labute approximate surface area is 128 Å². The molecule has 0 radical (unpaired) electrons. The first kappa shape index (κ1) is 14.1. The number of hydrogen-bond acceptors (Lipinski definition) is 4. The first-order chi connectivity index (χ1) is 10.2. The van der Waals surface area contributed by atoms with Gasteiger partial charge in [0.05, 0.1) is 0 Å². The summed E-state index contributed by atoms with van der Waals surface area (Å²) in [6, 6.07) is 6.10. The molecule has 0 aliphatic rings. The van der Waals surface area contributed by atoms with Gasteiger partial charge in [-0.3, -0.25) is 4.40 Å². The van der Waals surface area contributed by atoms with Crippen LogP contribution in [0, 0.1) is 13.8 Å². The lowest BCUT2D eigenvalue weighted by molar-refractivity contribution is 0.452. The molecular weight excluding hydrogens is 282 g/mol. The van der Waals surface area contributed by atoms with Crippen molar-refractivity contribution in [2.45, 2.75) is 27.3 Å². The summed E-state index contributed by atoms with van der Waals surface area (Å²) >= 11 is 1.62. The first-order valence-electron chi connectivity index (χ1n) is 7.10. The lowest BCUT2D eigenvalue weighted by Gasteiger charge is -2.10. The van der Waals surface area contributed by atoms with Crippen LogP contribution in [0.4, 0.5) is 0 Å². The van der Waals surface area contributed by atoms with Crippen molar-refractivity contribution in [3.8, 4) is 11.6 Å². The van der Waals surface area contributed by atoms with E-state index in [1.54, 1.807) is 11.3 Å². The molecule has 2 aromatic heterocycles. The van der Waals surface area contributed by atoms with E-state index in [0.717, 1.165) is 35.1 Å². The molecule has 0 atom stereocenters. The number of thiazole rings is 1. The van der Waals surface area contributed by atoms with Gasteiger partial charge in [-0.15, -0.1) is 11.3 Å². The fraction of sp³-hybridized carbons (Fsp3) is 0.312. The van der Waals surface area contributed by atoms with Crippen molar-refractivity contribution in [2.75, 3.05) is 6.54 Å². The summed E-state index contributed by atoms with van der Waals surface area (Å²) in [5, 5.41) is 5.39. The molecule has 1 N–H and O–H groups in total. The van der Waals surface area contributed by atoms with Gasteiger partial charge in [0.15, 0.2) is 4.96 Å². The maximum absolute atomic E-state index is 6.10. The van der Waals surface area contributed by atoms with Crippen molar-refractivity contribution in [2.24, 2.45) is 0 Å². The molecule has 5 heteroatoms. The monoisotopic (exact) mass is 301 g/mol. The topological polar surface area (TPSA) is 38.6 Å². The molecule has 21 heavy (non-hydrogen) atoms. The Balaban J connectivity index is 1.99. The highest BCUT2D eigenvalue weighted by atomic mass is 32.1. The molecule has 0 fully saturated rings. The molecule has 0 saturated heterocycles. The number of imidazole rings is 1. The van der Waals surface area contributed by atoms with Gasteiger partial charge in [-0.25, -0.2) is 0 Å². The van der Waals surface area contributed by atoms with Gasteiger partial charge in [-0.2, -0.15) is 4.98 Å². The van der Waals surface area contributed by atoms with E-state index in [1.807, 2.05) is 23.7 Å². The average Bonchev–Trinajstić information content (AvgIpc) is 3.03. The minimum atomic E-state index is 0.691. The van der Waals surface area contributed by atoms with Crippen LogP contribution < -0.4 is 10.1 Å². The number of hydrogen-bond donors (Lipinski definition) is 1. The lowest BCUT2D eigenvalue weighted by atomic mass is 10.1. The number of nitrogens with one attached hydrogen (secondary N) is 1. The molecule has 4 nitrogen and oxygen atoms in total. The highest BCUT2D eigenvalue weighted by Crippen LogP contribution is 2.30. The standard InChI is InChI=1S/C16H19N3OS/c1-4-17-10-13-15(18-16-19(13)8-9-21-16)20-14-7-5-6-11(2)12(14)3/h5-9,17H,4,10H2,1-3H3. The minimum absolute atomic E-state index is 0.691. The quantitative estimate of drug-likeness (QED) is 0.776. The average molecular weight is 301 g/mol. The van der Waals surface area contributed by atoms with Crippen molar-refractivity contribution < 1.29 is 4.74 Å². The van der Waals surface area contributed by atoms with E-state index in [0.29, 0.717) is 5.88 Å². The van der Waals surface area contributed by atoms with E-state index in [1.165, 1.54) is 5.56 Å². The molecule has 3 aromatic rings. The van der Waals surface area contributed by atoms with Crippen LogP contribution in [0.1, 0.15) is 23.7 Å². The number of fused-ring (bicyclic) bond motifs is 1. The highest BCUT2D eigenvalue weighted by Gasteiger charge is 2.15. The second kappa shape index (κ2) is 5.87. The van der Waals surface area contributed by atoms with E-state index in [2.05, 4.69) is 41.5 Å². The maximum atomic E-state index is 6.10. The van der Waals surface area contributed by atoms with E-state index in [9.17, 15) is 0 Å². The highest BCUT2D eigenvalue weighted by molar-refractivity contribution is 7.15. The summed E-state index contributed by atoms with van der Waals surface area (Å²) < 4.78 is 8.19. The Morgan fingerprint density at radius 2 is 2.19 bits per heavy atom. The van der Waals surface area contributed by atoms with E-state index in [-0.39, 0.29) is 0 Å². The smallest absolute Gasteiger partial charge is 0.243 e. The van der Waals surface area contributed by atoms with Crippen LogP contribution in [-0.2, 0) is 6.54 Å². The van der Waals surface area contributed by atoms with Gasteiger partial charge in [0.1, 0.15) is 11.4 Å². The molecule has 0 aliphatic heterocycles. The number of rotatable bonds is 5. The molecule has 1 aromatic carbocycles. The number of nitrogens with zero attached hydrogens (tertiary/aromatic N) is 2. The number of benzene rings is 1. The number of aromatic nitrogens is 2. The predicted molar refractivity (Wildman–Crippen MR) is 86.4 cm³/mol. The third-order valence-electron chi connectivity index (χ3n) is 3.63. The van der Waals surface area contributed by atoms with Crippen LogP contribution in [0.2, 0.25) is 0 Å². The van der Waals surface area contributed by atoms with Gasteiger partial charge < -0.3 is 10.1 Å². The fourth-order valence-corrected chi connectivity index (χ4v) is 2.96. The van der Waals surface area contributed by atoms with Crippen molar-refractivity contribution in [3.63, 3.8) is 0 Å². The summed E-state index contributed by atoms with van der Waals surface area (Å²) in [5.41, 5.74) is 3.44. The second-order valence-corrected chi connectivity index (χ2v) is 5.87. The Bertz CT molecular complexity index is 760. The van der Waals surface area contributed by atoms with Crippen LogP contribution >= 0.6 is 11.3 Å². The molecule has 0 bridgehead atoms. The second-order valence-electron chi connectivity index (χ2n) is 5.00. The summed E-state index contributed by atoms with van der Waals surface area (Å²) in [6.07, 6.45) is 2.04. The van der Waals surface area contributed by atoms with Gasteiger partial charge in [0, 0.05) is 18.1 Å². The zero-order chi connectivity index (χ0) is 14.8. The molecule has 0 spiro atoms. The predicted octanol–water partition coefficient (Wildman–Crippen LogP) is 3.91. The Hall–Kier alpha value is -1.85. The molecule has 110 valence electrons. The molecule has 0 amide bonds. The van der Waals surface area contributed by atoms with E-state index < -0.39 is 0 Å². The van der Waals surface area contributed by atoms with Crippen LogP contribution in [0.25, 0.3) is 4.96 Å². The largest absolute Gasteiger partial charge is 0.437 e. The summed E-state index contributed by atoms with van der Waals surface area (Å²) in [5.74, 6) is 1.56. The van der Waals surface area contributed by atoms with E-state index in [4.69, 9.17) is 4.74 Å². The van der Waals surface area contributed by atoms with Crippen LogP contribution in [0.5, 0.6) is 11.6 Å². The molecule has 2 heterocycles. The van der Waals surface area contributed by atoms with Crippen LogP contribution in [0.15, 0.2) is 29.8 Å². The summed E-state index contributed by atoms with van der Waals surface area (Å²) in [6.45, 7) is 7.92. The van der Waals surface area contributed by atoms with Crippen molar-refractivity contribution >= 4 is 16.3 Å². The molecule has 0 aliphatic carbocycles. The zero-order valence-corrected chi connectivity index (χ0v) is 13.3. The Morgan fingerprint density at radius 1 is 1.33 bits per heavy atom. The number of aryl methyl sites for hydroxylation is 1. The van der Waals surface area contributed by atoms with Crippen molar-refractivity contribution in [3.05, 3.63) is 46.6 Å².